The molecule has 38 heavy (non-hydrogen) atoms. The van der Waals surface area contributed by atoms with E-state index in [9.17, 15) is 39.0 Å². The molecule has 0 aliphatic carbocycles. The van der Waals surface area contributed by atoms with Crippen LogP contribution in [0.5, 0.6) is 0 Å². The topological polar surface area (TPSA) is 169 Å². The lowest BCUT2D eigenvalue weighted by molar-refractivity contribution is 0.0688. The first kappa shape index (κ1) is 24.3. The Kier molecular flexibility index (Phi) is 5.52. The highest BCUT2D eigenvalue weighted by molar-refractivity contribution is 6.18. The van der Waals surface area contributed by atoms with Gasteiger partial charge in [0.15, 0.2) is 11.6 Å². The number of Topliss-reactive ketones (excluding diaryl/α,β-unsaturated/α-hetero) is 2. The molecule has 0 aliphatic rings. The molecule has 5 rings (SSSR count). The van der Waals surface area contributed by atoms with E-state index in [0.29, 0.717) is 0 Å². The first-order chi connectivity index (χ1) is 18.0. The SMILES string of the molecule is CC(=O)c1cc2c(=O)c3c(C(=O)O)cccc3oc2c(C(C)=O)c1-c1coc2cccc(C(=O)O)c2c1=O. The molecule has 0 atom stereocenters. The summed E-state index contributed by atoms with van der Waals surface area (Å²) in [6.07, 6.45) is 1.01. The maximum Gasteiger partial charge on any atom is 0.336 e. The molecule has 0 bridgehead atoms. The van der Waals surface area contributed by atoms with Gasteiger partial charge in [-0.3, -0.25) is 19.2 Å². The molecule has 2 N–H and O–H groups in total. The van der Waals surface area contributed by atoms with E-state index in [1.54, 1.807) is 0 Å². The van der Waals surface area contributed by atoms with Gasteiger partial charge in [-0.25, -0.2) is 9.59 Å². The number of carbonyl (C=O) groups excluding carboxylic acids is 2. The van der Waals surface area contributed by atoms with Gasteiger partial charge in [-0.15, -0.1) is 0 Å². The van der Waals surface area contributed by atoms with Crippen molar-refractivity contribution in [3.8, 4) is 11.1 Å². The molecule has 10 nitrogen and oxygen atoms in total. The lowest BCUT2D eigenvalue weighted by Gasteiger charge is -2.15. The summed E-state index contributed by atoms with van der Waals surface area (Å²) in [6, 6.07) is 9.09. The zero-order chi connectivity index (χ0) is 27.5. The molecule has 2 aromatic heterocycles. The van der Waals surface area contributed by atoms with Crippen LogP contribution in [0.2, 0.25) is 0 Å². The summed E-state index contributed by atoms with van der Waals surface area (Å²) in [5.74, 6) is -4.05. The van der Waals surface area contributed by atoms with Gasteiger partial charge in [-0.05, 0) is 44.2 Å². The van der Waals surface area contributed by atoms with Crippen LogP contribution in [-0.2, 0) is 0 Å². The highest BCUT2D eigenvalue weighted by Gasteiger charge is 2.28. The molecular formula is C28H16O10. The van der Waals surface area contributed by atoms with E-state index >= 15 is 0 Å². The molecular weight excluding hydrogens is 496 g/mol. The molecule has 0 radical (unpaired) electrons. The number of aromatic carboxylic acids is 2. The minimum absolute atomic E-state index is 0.0214. The third-order valence-electron chi connectivity index (χ3n) is 6.25. The maximum atomic E-state index is 13.6. The highest BCUT2D eigenvalue weighted by atomic mass is 16.4. The van der Waals surface area contributed by atoms with E-state index in [-0.39, 0.29) is 66.3 Å². The van der Waals surface area contributed by atoms with Gasteiger partial charge in [0.1, 0.15) is 23.0 Å². The predicted molar refractivity (Wildman–Crippen MR) is 135 cm³/mol. The Balaban J connectivity index is 2.03. The summed E-state index contributed by atoms with van der Waals surface area (Å²) in [5, 5.41) is 18.4. The summed E-state index contributed by atoms with van der Waals surface area (Å²) in [4.78, 5) is 76.5. The predicted octanol–water partition coefficient (Wildman–Crippen LogP) is 4.52. The monoisotopic (exact) mass is 512 g/mol. The van der Waals surface area contributed by atoms with Crippen molar-refractivity contribution in [1.29, 1.82) is 0 Å². The van der Waals surface area contributed by atoms with Crippen molar-refractivity contribution in [2.45, 2.75) is 13.8 Å². The fourth-order valence-corrected chi connectivity index (χ4v) is 4.63. The van der Waals surface area contributed by atoms with Crippen LogP contribution in [0.4, 0.5) is 0 Å². The quantitative estimate of drug-likeness (QED) is 0.252. The van der Waals surface area contributed by atoms with Crippen molar-refractivity contribution in [2.24, 2.45) is 0 Å². The zero-order valence-corrected chi connectivity index (χ0v) is 19.8. The van der Waals surface area contributed by atoms with Gasteiger partial charge in [0.2, 0.25) is 10.9 Å². The van der Waals surface area contributed by atoms with E-state index < -0.39 is 34.4 Å². The van der Waals surface area contributed by atoms with E-state index in [1.807, 2.05) is 0 Å². The number of ketones is 2. The van der Waals surface area contributed by atoms with Gasteiger partial charge in [-0.2, -0.15) is 0 Å². The smallest absolute Gasteiger partial charge is 0.336 e. The molecule has 188 valence electrons. The van der Waals surface area contributed by atoms with Crippen LogP contribution in [0, 0.1) is 0 Å². The fraction of sp³-hybridized carbons (Fsp3) is 0.0714. The molecule has 3 aromatic carbocycles. The summed E-state index contributed by atoms with van der Waals surface area (Å²) in [5.41, 5.74) is -3.64. The van der Waals surface area contributed by atoms with Gasteiger partial charge in [0.25, 0.3) is 0 Å². The van der Waals surface area contributed by atoms with E-state index in [0.717, 1.165) is 26.2 Å². The molecule has 2 heterocycles. The normalized spacial score (nSPS) is 11.2. The second-order valence-corrected chi connectivity index (χ2v) is 8.54. The molecule has 0 aliphatic heterocycles. The first-order valence-electron chi connectivity index (χ1n) is 11.1. The van der Waals surface area contributed by atoms with Crippen LogP contribution in [0.1, 0.15) is 55.3 Å². The van der Waals surface area contributed by atoms with Crippen molar-refractivity contribution in [1.82, 2.24) is 0 Å². The van der Waals surface area contributed by atoms with Crippen LogP contribution in [0.3, 0.4) is 0 Å². The summed E-state index contributed by atoms with van der Waals surface area (Å²) >= 11 is 0. The molecule has 0 fully saturated rings. The Morgan fingerprint density at radius 1 is 0.737 bits per heavy atom. The van der Waals surface area contributed by atoms with Crippen molar-refractivity contribution < 1.29 is 38.2 Å². The third-order valence-corrected chi connectivity index (χ3v) is 6.25. The Bertz CT molecular complexity index is 2020. The van der Waals surface area contributed by atoms with Gasteiger partial charge in [-0.1, -0.05) is 12.1 Å². The molecule has 5 aromatic rings. The number of rotatable bonds is 5. The van der Waals surface area contributed by atoms with Crippen LogP contribution < -0.4 is 10.9 Å². The minimum Gasteiger partial charge on any atom is -0.478 e. The number of carboxylic acid groups (broad SMARTS) is 2. The van der Waals surface area contributed by atoms with Crippen molar-refractivity contribution >= 4 is 56.4 Å². The number of fused-ring (bicyclic) bond motifs is 3. The molecule has 10 heteroatoms. The minimum atomic E-state index is -1.39. The Morgan fingerprint density at radius 3 is 1.87 bits per heavy atom. The van der Waals surface area contributed by atoms with Crippen LogP contribution in [0.25, 0.3) is 44.0 Å². The standard InChI is InChI=1S/C28H16O10/c1-11(29)15-9-16-24(31)23-14(28(35)36)6-4-8-19(23)38-26(16)20(12(2)30)21(15)17-10-37-18-7-3-5-13(27(33)34)22(18)25(17)32/h3-10H,1-2H3,(H,33,34)(H,35,36). The first-order valence-corrected chi connectivity index (χ1v) is 11.1. The van der Waals surface area contributed by atoms with Crippen LogP contribution >= 0.6 is 0 Å². The van der Waals surface area contributed by atoms with Gasteiger partial charge >= 0.3 is 11.9 Å². The fourth-order valence-electron chi connectivity index (χ4n) is 4.63. The average Bonchev–Trinajstić information content (AvgIpc) is 2.87. The van der Waals surface area contributed by atoms with Crippen molar-refractivity contribution in [3.05, 3.63) is 91.4 Å². The molecule has 0 spiro atoms. The van der Waals surface area contributed by atoms with E-state index in [4.69, 9.17) is 8.83 Å². The van der Waals surface area contributed by atoms with E-state index in [1.165, 1.54) is 36.4 Å². The van der Waals surface area contributed by atoms with Crippen LogP contribution in [-0.4, -0.2) is 33.7 Å². The van der Waals surface area contributed by atoms with Gasteiger partial charge < -0.3 is 19.0 Å². The largest absolute Gasteiger partial charge is 0.478 e. The lowest BCUT2D eigenvalue weighted by Crippen LogP contribution is -2.16. The molecule has 0 saturated carbocycles. The maximum absolute atomic E-state index is 13.6. The van der Waals surface area contributed by atoms with E-state index in [2.05, 4.69) is 0 Å². The highest BCUT2D eigenvalue weighted by Crippen LogP contribution is 2.35. The summed E-state index contributed by atoms with van der Waals surface area (Å²) < 4.78 is 11.4. The summed E-state index contributed by atoms with van der Waals surface area (Å²) in [6.45, 7) is 2.30. The van der Waals surface area contributed by atoms with Crippen molar-refractivity contribution in [3.63, 3.8) is 0 Å². The number of carbonyl (C=O) groups is 4. The third kappa shape index (κ3) is 3.50. The Labute approximate surface area is 211 Å². The van der Waals surface area contributed by atoms with Gasteiger partial charge in [0, 0.05) is 11.1 Å². The van der Waals surface area contributed by atoms with Gasteiger partial charge in [0.05, 0.1) is 38.4 Å². The number of benzene rings is 3. The zero-order valence-electron chi connectivity index (χ0n) is 19.8. The molecule has 0 unspecified atom stereocenters. The number of hydrogen-bond donors (Lipinski definition) is 2. The Morgan fingerprint density at radius 2 is 1.32 bits per heavy atom. The Hall–Kier alpha value is -5.38. The number of carboxylic acids is 2. The molecule has 0 saturated heterocycles. The second-order valence-electron chi connectivity index (χ2n) is 8.54. The summed E-state index contributed by atoms with van der Waals surface area (Å²) in [7, 11) is 0. The average molecular weight is 512 g/mol. The molecule has 0 amide bonds. The van der Waals surface area contributed by atoms with Crippen molar-refractivity contribution in [2.75, 3.05) is 0 Å². The number of hydrogen-bond acceptors (Lipinski definition) is 8. The second kappa shape index (κ2) is 8.63. The lowest BCUT2D eigenvalue weighted by atomic mass is 9.88. The van der Waals surface area contributed by atoms with Crippen LogP contribution in [0.15, 0.2) is 67.2 Å².